The van der Waals surface area contributed by atoms with E-state index in [1.807, 2.05) is 18.3 Å². The lowest BCUT2D eigenvalue weighted by Crippen LogP contribution is -2.38. The zero-order chi connectivity index (χ0) is 12.3. The van der Waals surface area contributed by atoms with E-state index < -0.39 is 0 Å². The van der Waals surface area contributed by atoms with E-state index in [0.29, 0.717) is 0 Å². The number of pyridine rings is 1. The van der Waals surface area contributed by atoms with Gasteiger partial charge in [-0.05, 0) is 37.9 Å². The van der Waals surface area contributed by atoms with Gasteiger partial charge in [0.2, 0.25) is 0 Å². The minimum Gasteiger partial charge on any atom is -0.326 e. The maximum Gasteiger partial charge on any atom is 0.0671 e. The van der Waals surface area contributed by atoms with Gasteiger partial charge in [0.25, 0.3) is 0 Å². The first kappa shape index (κ1) is 12.5. The van der Waals surface area contributed by atoms with Crippen LogP contribution >= 0.6 is 0 Å². The van der Waals surface area contributed by atoms with Crippen LogP contribution in [0.15, 0.2) is 24.4 Å². The first-order valence-corrected chi connectivity index (χ1v) is 6.63. The van der Waals surface area contributed by atoms with Gasteiger partial charge in [-0.2, -0.15) is 0 Å². The molecule has 0 aromatic carbocycles. The van der Waals surface area contributed by atoms with Gasteiger partial charge in [0.15, 0.2) is 0 Å². The highest BCUT2D eigenvalue weighted by molar-refractivity contribution is 5.11. The van der Waals surface area contributed by atoms with Crippen molar-refractivity contribution in [1.29, 1.82) is 0 Å². The number of hydrogen-bond acceptors (Lipinski definition) is 3. The minimum atomic E-state index is 0.125. The Morgan fingerprint density at radius 1 is 1.53 bits per heavy atom. The second-order valence-corrected chi connectivity index (χ2v) is 5.12. The van der Waals surface area contributed by atoms with E-state index in [9.17, 15) is 0 Å². The van der Waals surface area contributed by atoms with Crippen molar-refractivity contribution in [3.63, 3.8) is 0 Å². The van der Waals surface area contributed by atoms with Crippen LogP contribution < -0.4 is 5.73 Å². The summed E-state index contributed by atoms with van der Waals surface area (Å²) < 4.78 is 0. The molecule has 3 nitrogen and oxygen atoms in total. The van der Waals surface area contributed by atoms with E-state index in [1.54, 1.807) is 0 Å². The molecule has 0 saturated carbocycles. The average Bonchev–Trinajstić information content (AvgIpc) is 2.79. The highest BCUT2D eigenvalue weighted by Crippen LogP contribution is 2.29. The van der Waals surface area contributed by atoms with Crippen molar-refractivity contribution in [3.05, 3.63) is 30.1 Å². The lowest BCUT2D eigenvalue weighted by atomic mass is 10.0. The third kappa shape index (κ3) is 2.85. The Morgan fingerprint density at radius 2 is 2.35 bits per heavy atom. The normalized spacial score (nSPS) is 24.8. The molecule has 0 bridgehead atoms. The average molecular weight is 233 g/mol. The van der Waals surface area contributed by atoms with Crippen LogP contribution in [0.25, 0.3) is 0 Å². The number of rotatable bonds is 4. The molecule has 0 spiro atoms. The van der Waals surface area contributed by atoms with Crippen molar-refractivity contribution in [1.82, 2.24) is 9.88 Å². The molecule has 1 aromatic rings. The predicted octanol–water partition coefficient (Wildman–Crippen LogP) is 2.20. The largest absolute Gasteiger partial charge is 0.326 e. The highest BCUT2D eigenvalue weighted by atomic mass is 15.2. The van der Waals surface area contributed by atoms with E-state index in [2.05, 4.69) is 29.8 Å². The Labute approximate surface area is 104 Å². The highest BCUT2D eigenvalue weighted by Gasteiger charge is 2.30. The summed E-state index contributed by atoms with van der Waals surface area (Å²) in [6.07, 6.45) is 4.43. The lowest BCUT2D eigenvalue weighted by molar-refractivity contribution is 0.206. The van der Waals surface area contributed by atoms with Crippen LogP contribution in [-0.2, 0) is 0 Å². The minimum absolute atomic E-state index is 0.125. The molecule has 1 aliphatic heterocycles. The van der Waals surface area contributed by atoms with E-state index in [0.717, 1.165) is 18.2 Å². The van der Waals surface area contributed by atoms with E-state index >= 15 is 0 Å². The molecule has 17 heavy (non-hydrogen) atoms. The Hall–Kier alpha value is -0.930. The lowest BCUT2D eigenvalue weighted by Gasteiger charge is -2.30. The maximum atomic E-state index is 6.15. The van der Waals surface area contributed by atoms with Crippen molar-refractivity contribution in [2.75, 3.05) is 13.1 Å². The molecule has 1 saturated heterocycles. The summed E-state index contributed by atoms with van der Waals surface area (Å²) in [5, 5.41) is 0. The molecule has 0 radical (unpaired) electrons. The molecule has 1 aliphatic rings. The van der Waals surface area contributed by atoms with Crippen molar-refractivity contribution in [2.45, 2.75) is 38.8 Å². The smallest absolute Gasteiger partial charge is 0.0671 e. The fourth-order valence-corrected chi connectivity index (χ4v) is 2.79. The van der Waals surface area contributed by atoms with Crippen molar-refractivity contribution < 1.29 is 0 Å². The Bertz CT molecular complexity index is 337. The molecule has 3 heteroatoms. The summed E-state index contributed by atoms with van der Waals surface area (Å²) in [5.41, 5.74) is 7.26. The number of hydrogen-bond donors (Lipinski definition) is 1. The Kier molecular flexibility index (Phi) is 4.13. The molecular formula is C14H23N3. The summed E-state index contributed by atoms with van der Waals surface area (Å²) in [4.78, 5) is 6.98. The molecule has 94 valence electrons. The van der Waals surface area contributed by atoms with Crippen LogP contribution in [0, 0.1) is 5.92 Å². The van der Waals surface area contributed by atoms with Gasteiger partial charge in [0, 0.05) is 18.8 Å². The molecule has 0 amide bonds. The van der Waals surface area contributed by atoms with Crippen LogP contribution in [0.5, 0.6) is 0 Å². The van der Waals surface area contributed by atoms with Crippen LogP contribution in [0.3, 0.4) is 0 Å². The summed E-state index contributed by atoms with van der Waals surface area (Å²) in [5.74, 6) is 0.833. The Morgan fingerprint density at radius 3 is 2.88 bits per heavy atom. The quantitative estimate of drug-likeness (QED) is 0.867. The number of nitrogens with zero attached hydrogens (tertiary/aromatic N) is 2. The van der Waals surface area contributed by atoms with Gasteiger partial charge in [-0.15, -0.1) is 0 Å². The van der Waals surface area contributed by atoms with Crippen molar-refractivity contribution >= 4 is 0 Å². The van der Waals surface area contributed by atoms with Gasteiger partial charge < -0.3 is 5.73 Å². The van der Waals surface area contributed by atoms with Gasteiger partial charge >= 0.3 is 0 Å². The fourth-order valence-electron chi connectivity index (χ4n) is 2.79. The van der Waals surface area contributed by atoms with Gasteiger partial charge in [-0.3, -0.25) is 9.88 Å². The van der Waals surface area contributed by atoms with Gasteiger partial charge in [0.05, 0.1) is 11.7 Å². The first-order valence-electron chi connectivity index (χ1n) is 6.63. The molecule has 1 aromatic heterocycles. The van der Waals surface area contributed by atoms with E-state index in [1.165, 1.54) is 19.4 Å². The van der Waals surface area contributed by atoms with Gasteiger partial charge in [-0.25, -0.2) is 0 Å². The van der Waals surface area contributed by atoms with E-state index in [4.69, 9.17) is 5.73 Å². The van der Waals surface area contributed by atoms with Crippen LogP contribution in [0.2, 0.25) is 0 Å². The van der Waals surface area contributed by atoms with Gasteiger partial charge in [-0.1, -0.05) is 19.4 Å². The summed E-state index contributed by atoms with van der Waals surface area (Å²) in [6.45, 7) is 6.68. The first-order chi connectivity index (χ1) is 8.22. The summed E-state index contributed by atoms with van der Waals surface area (Å²) in [7, 11) is 0. The third-order valence-corrected chi connectivity index (χ3v) is 3.78. The van der Waals surface area contributed by atoms with Crippen LogP contribution in [0.1, 0.15) is 38.4 Å². The molecule has 3 unspecified atom stereocenters. The van der Waals surface area contributed by atoms with E-state index in [-0.39, 0.29) is 12.1 Å². The zero-order valence-corrected chi connectivity index (χ0v) is 10.8. The SMILES string of the molecule is CCC1CCN(C(c2ccccn2)C(C)N)C1. The second-order valence-electron chi connectivity index (χ2n) is 5.12. The molecule has 2 N–H and O–H groups in total. The number of aromatic nitrogens is 1. The third-order valence-electron chi connectivity index (χ3n) is 3.78. The molecule has 2 rings (SSSR count). The molecule has 3 atom stereocenters. The predicted molar refractivity (Wildman–Crippen MR) is 70.6 cm³/mol. The summed E-state index contributed by atoms with van der Waals surface area (Å²) >= 11 is 0. The van der Waals surface area contributed by atoms with Crippen molar-refractivity contribution in [2.24, 2.45) is 11.7 Å². The van der Waals surface area contributed by atoms with Crippen LogP contribution in [-0.4, -0.2) is 29.0 Å². The topological polar surface area (TPSA) is 42.2 Å². The zero-order valence-electron chi connectivity index (χ0n) is 10.8. The second kappa shape index (κ2) is 5.61. The van der Waals surface area contributed by atoms with Crippen LogP contribution in [0.4, 0.5) is 0 Å². The Balaban J connectivity index is 2.14. The standard InChI is InChI=1S/C14H23N3/c1-3-12-7-9-17(10-12)14(11(2)15)13-6-4-5-8-16-13/h4-6,8,11-12,14H,3,7,9-10,15H2,1-2H3. The molecule has 2 heterocycles. The number of nitrogens with two attached hydrogens (primary N) is 1. The summed E-state index contributed by atoms with van der Waals surface area (Å²) in [6, 6.07) is 6.49. The fraction of sp³-hybridized carbons (Fsp3) is 0.643. The molecule has 1 fully saturated rings. The molecular weight excluding hydrogens is 210 g/mol. The monoisotopic (exact) mass is 233 g/mol. The number of likely N-dealkylation sites (tertiary alicyclic amines) is 1. The van der Waals surface area contributed by atoms with Crippen molar-refractivity contribution in [3.8, 4) is 0 Å². The molecule has 0 aliphatic carbocycles. The van der Waals surface area contributed by atoms with Gasteiger partial charge in [0.1, 0.15) is 0 Å². The maximum absolute atomic E-state index is 6.15.